The first kappa shape index (κ1) is 12.8. The summed E-state index contributed by atoms with van der Waals surface area (Å²) in [6.07, 6.45) is 3.45. The van der Waals surface area contributed by atoms with Crippen molar-refractivity contribution in [2.24, 2.45) is 0 Å². The lowest BCUT2D eigenvalue weighted by atomic mass is 10.2. The lowest BCUT2D eigenvalue weighted by molar-refractivity contribution is 0.345. The molecule has 0 spiro atoms. The van der Waals surface area contributed by atoms with Gasteiger partial charge in [-0.05, 0) is 26.3 Å². The summed E-state index contributed by atoms with van der Waals surface area (Å²) in [5, 5.41) is 7.08. The van der Waals surface area contributed by atoms with Gasteiger partial charge in [-0.15, -0.1) is 0 Å². The highest BCUT2D eigenvalue weighted by atomic mass is 16.5. The third-order valence-electron chi connectivity index (χ3n) is 3.39. The maximum Gasteiger partial charge on any atom is 0.328 e. The van der Waals surface area contributed by atoms with Gasteiger partial charge >= 0.3 is 5.69 Å². The molecule has 1 saturated heterocycles. The van der Waals surface area contributed by atoms with Crippen LogP contribution in [0.15, 0.2) is 20.3 Å². The van der Waals surface area contributed by atoms with Crippen molar-refractivity contribution >= 4 is 0 Å². The van der Waals surface area contributed by atoms with E-state index in [0.717, 1.165) is 19.4 Å². The van der Waals surface area contributed by atoms with Gasteiger partial charge in [-0.1, -0.05) is 5.16 Å². The molecule has 2 aromatic heterocycles. The van der Waals surface area contributed by atoms with Gasteiger partial charge in [-0.3, -0.25) is 9.78 Å². The van der Waals surface area contributed by atoms with Crippen LogP contribution in [0, 0.1) is 0 Å². The third-order valence-corrected chi connectivity index (χ3v) is 3.39. The summed E-state index contributed by atoms with van der Waals surface area (Å²) < 4.78 is 6.59. The van der Waals surface area contributed by atoms with E-state index in [-0.39, 0.29) is 17.4 Å². The molecule has 0 unspecified atom stereocenters. The SMILES string of the molecule is CCn1cc(-c2noc([C@H]3CCCN3)n2)c(=O)[nH]c1=O. The predicted molar refractivity (Wildman–Crippen MR) is 70.3 cm³/mol. The molecule has 2 aromatic rings. The third kappa shape index (κ3) is 2.18. The van der Waals surface area contributed by atoms with Crippen LogP contribution < -0.4 is 16.6 Å². The van der Waals surface area contributed by atoms with Crippen molar-refractivity contribution in [2.75, 3.05) is 6.54 Å². The second kappa shape index (κ2) is 5.04. The van der Waals surface area contributed by atoms with Crippen molar-refractivity contribution in [1.82, 2.24) is 25.0 Å². The first-order valence-corrected chi connectivity index (χ1v) is 6.60. The quantitative estimate of drug-likeness (QED) is 0.820. The highest BCUT2D eigenvalue weighted by molar-refractivity contribution is 5.50. The van der Waals surface area contributed by atoms with Crippen LogP contribution in [-0.4, -0.2) is 26.2 Å². The number of hydrogen-bond donors (Lipinski definition) is 2. The second-order valence-corrected chi connectivity index (χ2v) is 4.69. The van der Waals surface area contributed by atoms with Gasteiger partial charge in [0.15, 0.2) is 0 Å². The lowest BCUT2D eigenvalue weighted by Crippen LogP contribution is -2.30. The molecule has 1 atom stereocenters. The Labute approximate surface area is 113 Å². The molecule has 106 valence electrons. The van der Waals surface area contributed by atoms with Gasteiger partial charge in [0.25, 0.3) is 5.56 Å². The molecule has 0 saturated carbocycles. The number of nitrogens with zero attached hydrogens (tertiary/aromatic N) is 3. The molecule has 1 aliphatic rings. The van der Waals surface area contributed by atoms with Crippen LogP contribution in [0.4, 0.5) is 0 Å². The first-order chi connectivity index (χ1) is 9.69. The van der Waals surface area contributed by atoms with E-state index in [9.17, 15) is 9.59 Å². The van der Waals surface area contributed by atoms with E-state index in [0.29, 0.717) is 12.4 Å². The molecular formula is C12H15N5O3. The van der Waals surface area contributed by atoms with Crippen molar-refractivity contribution in [2.45, 2.75) is 32.4 Å². The molecule has 2 N–H and O–H groups in total. The Morgan fingerprint density at radius 3 is 3.05 bits per heavy atom. The van der Waals surface area contributed by atoms with Gasteiger partial charge in [-0.2, -0.15) is 4.98 Å². The minimum Gasteiger partial charge on any atom is -0.337 e. The molecule has 0 aromatic carbocycles. The maximum absolute atomic E-state index is 11.8. The van der Waals surface area contributed by atoms with Crippen LogP contribution in [0.5, 0.6) is 0 Å². The normalized spacial score (nSPS) is 18.6. The van der Waals surface area contributed by atoms with E-state index < -0.39 is 11.2 Å². The highest BCUT2D eigenvalue weighted by Crippen LogP contribution is 2.22. The molecule has 0 radical (unpaired) electrons. The van der Waals surface area contributed by atoms with Crippen LogP contribution in [0.3, 0.4) is 0 Å². The van der Waals surface area contributed by atoms with Crippen molar-refractivity contribution in [3.05, 3.63) is 32.9 Å². The van der Waals surface area contributed by atoms with Crippen molar-refractivity contribution in [1.29, 1.82) is 0 Å². The van der Waals surface area contributed by atoms with Gasteiger partial charge in [0.2, 0.25) is 11.7 Å². The zero-order chi connectivity index (χ0) is 14.1. The molecule has 3 rings (SSSR count). The number of rotatable bonds is 3. The minimum absolute atomic E-state index is 0.0485. The Morgan fingerprint density at radius 2 is 2.35 bits per heavy atom. The minimum atomic E-state index is -0.508. The summed E-state index contributed by atoms with van der Waals surface area (Å²) in [5.74, 6) is 0.684. The van der Waals surface area contributed by atoms with Crippen molar-refractivity contribution in [3.8, 4) is 11.4 Å². The summed E-state index contributed by atoms with van der Waals surface area (Å²) >= 11 is 0. The van der Waals surface area contributed by atoms with Crippen molar-refractivity contribution in [3.63, 3.8) is 0 Å². The second-order valence-electron chi connectivity index (χ2n) is 4.69. The Hall–Kier alpha value is -2.22. The average molecular weight is 277 g/mol. The molecule has 1 fully saturated rings. The standard InChI is InChI=1S/C12H15N5O3/c1-2-17-6-7(10(18)15-12(17)19)9-14-11(20-16-9)8-4-3-5-13-8/h6,8,13H,2-5H2,1H3,(H,15,18,19)/t8-/m1/s1. The van der Waals surface area contributed by atoms with Crippen LogP contribution in [0.1, 0.15) is 31.7 Å². The van der Waals surface area contributed by atoms with Crippen LogP contribution in [0.2, 0.25) is 0 Å². The molecule has 8 heteroatoms. The average Bonchev–Trinajstić information content (AvgIpc) is 3.09. The van der Waals surface area contributed by atoms with E-state index >= 15 is 0 Å². The fourth-order valence-electron chi connectivity index (χ4n) is 2.28. The number of aryl methyl sites for hydroxylation is 1. The number of aromatic amines is 1. The van der Waals surface area contributed by atoms with Gasteiger partial charge in [0.1, 0.15) is 5.56 Å². The number of aromatic nitrogens is 4. The van der Waals surface area contributed by atoms with E-state index in [2.05, 4.69) is 20.4 Å². The summed E-state index contributed by atoms with van der Waals surface area (Å²) in [5.41, 5.74) is -0.715. The largest absolute Gasteiger partial charge is 0.337 e. The van der Waals surface area contributed by atoms with Gasteiger partial charge in [-0.25, -0.2) is 4.79 Å². The molecule has 8 nitrogen and oxygen atoms in total. The Bertz CT molecular complexity index is 723. The van der Waals surface area contributed by atoms with Crippen LogP contribution >= 0.6 is 0 Å². The van der Waals surface area contributed by atoms with Crippen molar-refractivity contribution < 1.29 is 4.52 Å². The Morgan fingerprint density at radius 1 is 1.50 bits per heavy atom. The monoisotopic (exact) mass is 277 g/mol. The molecule has 0 aliphatic carbocycles. The number of nitrogens with one attached hydrogen (secondary N) is 2. The number of H-pyrrole nitrogens is 1. The summed E-state index contributed by atoms with van der Waals surface area (Å²) in [7, 11) is 0. The van der Waals surface area contributed by atoms with E-state index in [1.807, 2.05) is 6.92 Å². The maximum atomic E-state index is 11.8. The predicted octanol–water partition coefficient (Wildman–Crippen LogP) is 0.0310. The molecule has 20 heavy (non-hydrogen) atoms. The molecule has 0 amide bonds. The van der Waals surface area contributed by atoms with E-state index in [1.165, 1.54) is 10.8 Å². The molecule has 3 heterocycles. The summed E-state index contributed by atoms with van der Waals surface area (Å²) in [6, 6.07) is 0.0485. The number of hydrogen-bond acceptors (Lipinski definition) is 6. The smallest absolute Gasteiger partial charge is 0.328 e. The lowest BCUT2D eigenvalue weighted by Gasteiger charge is -2.02. The first-order valence-electron chi connectivity index (χ1n) is 6.60. The highest BCUT2D eigenvalue weighted by Gasteiger charge is 2.23. The van der Waals surface area contributed by atoms with Gasteiger partial charge < -0.3 is 14.4 Å². The van der Waals surface area contributed by atoms with E-state index in [1.54, 1.807) is 0 Å². The summed E-state index contributed by atoms with van der Waals surface area (Å²) in [4.78, 5) is 29.8. The van der Waals surface area contributed by atoms with Crippen LogP contribution in [-0.2, 0) is 6.54 Å². The van der Waals surface area contributed by atoms with Crippen LogP contribution in [0.25, 0.3) is 11.4 Å². The molecule has 1 aliphatic heterocycles. The Balaban J connectivity index is 2.00. The zero-order valence-corrected chi connectivity index (χ0v) is 11.0. The van der Waals surface area contributed by atoms with Gasteiger partial charge in [0.05, 0.1) is 6.04 Å². The topological polar surface area (TPSA) is 106 Å². The Kier molecular flexibility index (Phi) is 3.23. The summed E-state index contributed by atoms with van der Waals surface area (Å²) in [6.45, 7) is 3.19. The van der Waals surface area contributed by atoms with Gasteiger partial charge in [0, 0.05) is 12.7 Å². The zero-order valence-electron chi connectivity index (χ0n) is 11.0. The fourth-order valence-corrected chi connectivity index (χ4v) is 2.28. The molecule has 0 bridgehead atoms. The fraction of sp³-hybridized carbons (Fsp3) is 0.500. The molecular weight excluding hydrogens is 262 g/mol. The van der Waals surface area contributed by atoms with E-state index in [4.69, 9.17) is 4.52 Å².